The van der Waals surface area contributed by atoms with Gasteiger partial charge in [0.05, 0.1) is 23.7 Å². The normalized spacial score (nSPS) is 15.5. The van der Waals surface area contributed by atoms with Crippen LogP contribution in [0.4, 0.5) is 0 Å². The fraction of sp³-hybridized carbons (Fsp3) is 0.360. The number of hydrogen-bond acceptors (Lipinski definition) is 5. The van der Waals surface area contributed by atoms with E-state index in [-0.39, 0.29) is 13.0 Å². The summed E-state index contributed by atoms with van der Waals surface area (Å²) in [5.74, 6) is -12.9. The van der Waals surface area contributed by atoms with Gasteiger partial charge in [-0.1, -0.05) is 74.5 Å². The van der Waals surface area contributed by atoms with Gasteiger partial charge < -0.3 is 20.1 Å². The Labute approximate surface area is 191 Å². The molecule has 5 atom stereocenters. The van der Waals surface area contributed by atoms with Crippen molar-refractivity contribution < 1.29 is 39.2 Å². The molecule has 0 bridgehead atoms. The van der Waals surface area contributed by atoms with Crippen molar-refractivity contribution in [2.24, 2.45) is 23.7 Å². The van der Waals surface area contributed by atoms with E-state index in [4.69, 9.17) is 4.74 Å². The van der Waals surface area contributed by atoms with Crippen LogP contribution in [-0.4, -0.2) is 39.2 Å². The molecule has 176 valence electrons. The Hall–Kier alpha value is -3.68. The molecule has 8 nitrogen and oxygen atoms in total. The second kappa shape index (κ2) is 11.8. The van der Waals surface area contributed by atoms with Crippen LogP contribution in [0.25, 0.3) is 0 Å². The summed E-state index contributed by atoms with van der Waals surface area (Å²) < 4.78 is 5.22. The van der Waals surface area contributed by atoms with Gasteiger partial charge in [0.15, 0.2) is 0 Å². The molecule has 0 aromatic heterocycles. The summed E-state index contributed by atoms with van der Waals surface area (Å²) >= 11 is 0. The molecule has 0 saturated carbocycles. The molecule has 0 aliphatic carbocycles. The number of aliphatic carboxylic acids is 3. The van der Waals surface area contributed by atoms with Gasteiger partial charge >= 0.3 is 23.9 Å². The van der Waals surface area contributed by atoms with Gasteiger partial charge in [-0.15, -0.1) is 0 Å². The number of carbonyl (C=O) groups excluding carboxylic acids is 1. The fourth-order valence-corrected chi connectivity index (χ4v) is 4.19. The van der Waals surface area contributed by atoms with Crippen LogP contribution < -0.4 is 0 Å². The van der Waals surface area contributed by atoms with E-state index in [0.29, 0.717) is 11.1 Å². The molecule has 0 aliphatic rings. The van der Waals surface area contributed by atoms with E-state index in [2.05, 4.69) is 0 Å². The number of carboxylic acid groups (broad SMARTS) is 3. The van der Waals surface area contributed by atoms with Gasteiger partial charge in [-0.3, -0.25) is 19.2 Å². The van der Waals surface area contributed by atoms with Gasteiger partial charge in [0, 0.05) is 0 Å². The van der Waals surface area contributed by atoms with E-state index >= 15 is 0 Å². The number of carboxylic acids is 3. The first kappa shape index (κ1) is 25.6. The molecule has 0 spiro atoms. The van der Waals surface area contributed by atoms with Gasteiger partial charge in [0.1, 0.15) is 6.61 Å². The zero-order chi connectivity index (χ0) is 24.5. The predicted molar refractivity (Wildman–Crippen MR) is 118 cm³/mol. The highest BCUT2D eigenvalue weighted by Gasteiger charge is 2.50. The average Bonchev–Trinajstić information content (AvgIpc) is 2.80. The number of carbonyl (C=O) groups is 4. The van der Waals surface area contributed by atoms with Gasteiger partial charge in [-0.05, 0) is 23.5 Å². The smallest absolute Gasteiger partial charge is 0.309 e. The highest BCUT2D eigenvalue weighted by molar-refractivity contribution is 5.89. The minimum absolute atomic E-state index is 0.113. The predicted octanol–water partition coefficient (Wildman–Crippen LogP) is 3.66. The van der Waals surface area contributed by atoms with E-state index in [0.717, 1.165) is 0 Å². The standard InChI is InChI=1S/C25H28O8/c1-3-18(17-12-8-5-9-13-17)20(23(28)29)21(24(30)31)19(22(26)27)15(2)25(32)33-14-16-10-6-4-7-11-16/h4-13,15,18-21H,3,14H2,1-2H3,(H,26,27)(H,28,29)(H,30,31). The highest BCUT2D eigenvalue weighted by atomic mass is 16.5. The first-order chi connectivity index (χ1) is 15.7. The summed E-state index contributed by atoms with van der Waals surface area (Å²) in [7, 11) is 0. The van der Waals surface area contributed by atoms with Gasteiger partial charge in [-0.2, -0.15) is 0 Å². The monoisotopic (exact) mass is 456 g/mol. The summed E-state index contributed by atoms with van der Waals surface area (Å²) in [5, 5.41) is 29.8. The summed E-state index contributed by atoms with van der Waals surface area (Å²) in [5.41, 5.74) is 1.26. The van der Waals surface area contributed by atoms with Crippen molar-refractivity contribution in [2.75, 3.05) is 0 Å². The van der Waals surface area contributed by atoms with Crippen molar-refractivity contribution in [2.45, 2.75) is 32.8 Å². The molecule has 2 aromatic carbocycles. The third kappa shape index (κ3) is 6.41. The van der Waals surface area contributed by atoms with Crippen molar-refractivity contribution >= 4 is 23.9 Å². The minimum atomic E-state index is -1.86. The molecule has 0 heterocycles. The lowest BCUT2D eigenvalue weighted by Crippen LogP contribution is -2.46. The van der Waals surface area contributed by atoms with Crippen LogP contribution in [-0.2, 0) is 30.5 Å². The first-order valence-electron chi connectivity index (χ1n) is 10.6. The molecule has 0 aliphatic heterocycles. The zero-order valence-corrected chi connectivity index (χ0v) is 18.5. The van der Waals surface area contributed by atoms with Crippen LogP contribution in [0.15, 0.2) is 60.7 Å². The lowest BCUT2D eigenvalue weighted by atomic mass is 9.68. The Morgan fingerprint density at radius 1 is 0.758 bits per heavy atom. The molecular formula is C25H28O8. The third-order valence-electron chi connectivity index (χ3n) is 5.86. The van der Waals surface area contributed by atoms with E-state index in [1.165, 1.54) is 6.92 Å². The summed E-state index contributed by atoms with van der Waals surface area (Å²) in [6, 6.07) is 17.2. The van der Waals surface area contributed by atoms with Crippen molar-refractivity contribution in [1.82, 2.24) is 0 Å². The van der Waals surface area contributed by atoms with Gasteiger partial charge in [0.2, 0.25) is 0 Å². The Morgan fingerprint density at radius 3 is 1.70 bits per heavy atom. The number of esters is 1. The number of hydrogen-bond donors (Lipinski definition) is 3. The van der Waals surface area contributed by atoms with Crippen molar-refractivity contribution in [3.63, 3.8) is 0 Å². The van der Waals surface area contributed by atoms with E-state index in [1.54, 1.807) is 67.6 Å². The van der Waals surface area contributed by atoms with Crippen LogP contribution in [0, 0.1) is 23.7 Å². The quantitative estimate of drug-likeness (QED) is 0.411. The molecule has 0 radical (unpaired) electrons. The van der Waals surface area contributed by atoms with Crippen molar-refractivity contribution in [3.05, 3.63) is 71.8 Å². The minimum Gasteiger partial charge on any atom is -0.481 e. The molecule has 3 N–H and O–H groups in total. The molecule has 2 rings (SSSR count). The fourth-order valence-electron chi connectivity index (χ4n) is 4.19. The van der Waals surface area contributed by atoms with Crippen LogP contribution >= 0.6 is 0 Å². The molecule has 0 saturated heterocycles. The van der Waals surface area contributed by atoms with Crippen LogP contribution in [0.5, 0.6) is 0 Å². The number of ether oxygens (including phenoxy) is 1. The molecule has 5 unspecified atom stereocenters. The topological polar surface area (TPSA) is 138 Å². The van der Waals surface area contributed by atoms with E-state index < -0.39 is 53.5 Å². The second-order valence-corrected chi connectivity index (χ2v) is 7.90. The summed E-state index contributed by atoms with van der Waals surface area (Å²) in [6.45, 7) is 2.85. The Bertz CT molecular complexity index is 957. The average molecular weight is 456 g/mol. The Kier molecular flexibility index (Phi) is 9.15. The molecule has 0 amide bonds. The third-order valence-corrected chi connectivity index (χ3v) is 5.86. The SMILES string of the molecule is CCC(c1ccccc1)C(C(=O)O)C(C(=O)O)C(C(=O)O)C(C)C(=O)OCc1ccccc1. The maximum Gasteiger partial charge on any atom is 0.309 e. The molecular weight excluding hydrogens is 428 g/mol. The zero-order valence-electron chi connectivity index (χ0n) is 18.5. The summed E-state index contributed by atoms with van der Waals surface area (Å²) in [6.07, 6.45) is 0.268. The van der Waals surface area contributed by atoms with Gasteiger partial charge in [-0.25, -0.2) is 0 Å². The van der Waals surface area contributed by atoms with Crippen molar-refractivity contribution in [1.29, 1.82) is 0 Å². The van der Waals surface area contributed by atoms with E-state index in [1.807, 2.05) is 0 Å². The second-order valence-electron chi connectivity index (χ2n) is 7.90. The molecule has 33 heavy (non-hydrogen) atoms. The van der Waals surface area contributed by atoms with Crippen LogP contribution in [0.1, 0.15) is 37.3 Å². The highest BCUT2D eigenvalue weighted by Crippen LogP contribution is 2.39. The van der Waals surface area contributed by atoms with Crippen LogP contribution in [0.3, 0.4) is 0 Å². The van der Waals surface area contributed by atoms with E-state index in [9.17, 15) is 34.5 Å². The molecule has 0 fully saturated rings. The first-order valence-corrected chi connectivity index (χ1v) is 10.6. The lowest BCUT2D eigenvalue weighted by molar-refractivity contribution is -0.170. The number of benzene rings is 2. The van der Waals surface area contributed by atoms with Crippen LogP contribution in [0.2, 0.25) is 0 Å². The Balaban J connectivity index is 2.39. The largest absolute Gasteiger partial charge is 0.481 e. The van der Waals surface area contributed by atoms with Gasteiger partial charge in [0.25, 0.3) is 0 Å². The lowest BCUT2D eigenvalue weighted by Gasteiger charge is -2.33. The molecule has 2 aromatic rings. The maximum atomic E-state index is 12.7. The maximum absolute atomic E-state index is 12.7. The Morgan fingerprint density at radius 2 is 1.24 bits per heavy atom. The molecule has 8 heteroatoms. The summed E-state index contributed by atoms with van der Waals surface area (Å²) in [4.78, 5) is 49.4. The van der Waals surface area contributed by atoms with Crippen molar-refractivity contribution in [3.8, 4) is 0 Å². The number of rotatable bonds is 12.